The molecule has 0 spiro atoms. The van der Waals surface area contributed by atoms with E-state index in [4.69, 9.17) is 0 Å². The molecular weight excluding hydrogens is 302 g/mol. The maximum absolute atomic E-state index is 12.8. The summed E-state index contributed by atoms with van der Waals surface area (Å²) in [6, 6.07) is 8.95. The molecule has 3 unspecified atom stereocenters. The molecule has 1 aliphatic rings. The van der Waals surface area contributed by atoms with Crippen molar-refractivity contribution in [2.75, 3.05) is 13.1 Å². The van der Waals surface area contributed by atoms with Gasteiger partial charge in [-0.2, -0.15) is 0 Å². The van der Waals surface area contributed by atoms with E-state index in [1.54, 1.807) is 0 Å². The standard InChI is InChI=1S/C19H29N3O2/c1-13(2)11-17(23)22-18(15-7-5-4-6-8-15)19(24)21-16-9-10-20-12-14(16)3/h4-8,13-14,16,18,20H,9-12H2,1-3H3,(H,21,24)(H,22,23). The van der Waals surface area contributed by atoms with Gasteiger partial charge in [0.15, 0.2) is 0 Å². The number of carbonyl (C=O) groups is 2. The molecule has 1 fully saturated rings. The molecule has 2 rings (SSSR count). The first-order chi connectivity index (χ1) is 11.5. The Bertz CT molecular complexity index is 545. The molecule has 24 heavy (non-hydrogen) atoms. The molecule has 1 saturated heterocycles. The summed E-state index contributed by atoms with van der Waals surface area (Å²) in [6.07, 6.45) is 1.33. The van der Waals surface area contributed by atoms with Gasteiger partial charge in [-0.25, -0.2) is 0 Å². The lowest BCUT2D eigenvalue weighted by Crippen LogP contribution is -2.51. The van der Waals surface area contributed by atoms with Gasteiger partial charge in [-0.3, -0.25) is 9.59 Å². The molecule has 3 atom stereocenters. The van der Waals surface area contributed by atoms with Crippen molar-refractivity contribution in [1.82, 2.24) is 16.0 Å². The van der Waals surface area contributed by atoms with Crippen LogP contribution in [0.1, 0.15) is 45.2 Å². The van der Waals surface area contributed by atoms with Crippen LogP contribution in [0.5, 0.6) is 0 Å². The first-order valence-corrected chi connectivity index (χ1v) is 8.82. The van der Waals surface area contributed by atoms with Crippen LogP contribution in [0.15, 0.2) is 30.3 Å². The largest absolute Gasteiger partial charge is 0.351 e. The molecule has 0 saturated carbocycles. The van der Waals surface area contributed by atoms with Crippen LogP contribution in [0.3, 0.4) is 0 Å². The van der Waals surface area contributed by atoms with Gasteiger partial charge in [-0.15, -0.1) is 0 Å². The molecule has 1 aromatic carbocycles. The fraction of sp³-hybridized carbons (Fsp3) is 0.579. The molecule has 1 heterocycles. The Kier molecular flexibility index (Phi) is 6.79. The van der Waals surface area contributed by atoms with Crippen LogP contribution >= 0.6 is 0 Å². The third-order valence-corrected chi connectivity index (χ3v) is 4.41. The number of carbonyl (C=O) groups excluding carboxylic acids is 2. The summed E-state index contributed by atoms with van der Waals surface area (Å²) in [7, 11) is 0. The first kappa shape index (κ1) is 18.5. The van der Waals surface area contributed by atoms with Gasteiger partial charge < -0.3 is 16.0 Å². The van der Waals surface area contributed by atoms with Gasteiger partial charge >= 0.3 is 0 Å². The Morgan fingerprint density at radius 1 is 1.25 bits per heavy atom. The smallest absolute Gasteiger partial charge is 0.247 e. The lowest BCUT2D eigenvalue weighted by atomic mass is 9.94. The fourth-order valence-corrected chi connectivity index (χ4v) is 3.03. The maximum Gasteiger partial charge on any atom is 0.247 e. The van der Waals surface area contributed by atoms with Crippen molar-refractivity contribution in [3.63, 3.8) is 0 Å². The zero-order chi connectivity index (χ0) is 17.5. The molecule has 2 amide bonds. The fourth-order valence-electron chi connectivity index (χ4n) is 3.03. The average molecular weight is 331 g/mol. The summed E-state index contributed by atoms with van der Waals surface area (Å²) >= 11 is 0. The molecule has 0 aliphatic carbocycles. The highest BCUT2D eigenvalue weighted by molar-refractivity contribution is 5.88. The van der Waals surface area contributed by atoms with E-state index in [0.717, 1.165) is 25.1 Å². The monoisotopic (exact) mass is 331 g/mol. The van der Waals surface area contributed by atoms with Crippen molar-refractivity contribution < 1.29 is 9.59 Å². The zero-order valence-electron chi connectivity index (χ0n) is 14.8. The van der Waals surface area contributed by atoms with Gasteiger partial charge in [0.25, 0.3) is 0 Å². The predicted octanol–water partition coefficient (Wildman–Crippen LogP) is 2.00. The van der Waals surface area contributed by atoms with E-state index in [0.29, 0.717) is 12.3 Å². The highest BCUT2D eigenvalue weighted by Crippen LogP contribution is 2.17. The molecule has 0 radical (unpaired) electrons. The third kappa shape index (κ3) is 5.34. The van der Waals surface area contributed by atoms with E-state index >= 15 is 0 Å². The minimum Gasteiger partial charge on any atom is -0.351 e. The summed E-state index contributed by atoms with van der Waals surface area (Å²) < 4.78 is 0. The number of nitrogens with one attached hydrogen (secondary N) is 3. The topological polar surface area (TPSA) is 70.2 Å². The van der Waals surface area contributed by atoms with Crippen LogP contribution < -0.4 is 16.0 Å². The highest BCUT2D eigenvalue weighted by atomic mass is 16.2. The van der Waals surface area contributed by atoms with Crippen LogP contribution in [0.4, 0.5) is 0 Å². The van der Waals surface area contributed by atoms with E-state index in [1.807, 2.05) is 44.2 Å². The zero-order valence-corrected chi connectivity index (χ0v) is 14.8. The molecular formula is C19H29N3O2. The van der Waals surface area contributed by atoms with Crippen LogP contribution in [0.25, 0.3) is 0 Å². The summed E-state index contributed by atoms with van der Waals surface area (Å²) in [5.41, 5.74) is 0.814. The van der Waals surface area contributed by atoms with Crippen LogP contribution in [-0.2, 0) is 9.59 Å². The number of piperidine rings is 1. The Hall–Kier alpha value is -1.88. The molecule has 0 aromatic heterocycles. The van der Waals surface area contributed by atoms with Crippen molar-refractivity contribution in [2.24, 2.45) is 11.8 Å². The van der Waals surface area contributed by atoms with Gasteiger partial charge in [-0.1, -0.05) is 51.1 Å². The second-order valence-electron chi connectivity index (χ2n) is 7.09. The second kappa shape index (κ2) is 8.83. The van der Waals surface area contributed by atoms with Crippen molar-refractivity contribution in [1.29, 1.82) is 0 Å². The first-order valence-electron chi connectivity index (χ1n) is 8.82. The van der Waals surface area contributed by atoms with Gasteiger partial charge in [0.2, 0.25) is 11.8 Å². The van der Waals surface area contributed by atoms with Gasteiger partial charge in [-0.05, 0) is 36.9 Å². The molecule has 132 valence electrons. The third-order valence-electron chi connectivity index (χ3n) is 4.41. The van der Waals surface area contributed by atoms with Crippen molar-refractivity contribution in [2.45, 2.75) is 45.7 Å². The van der Waals surface area contributed by atoms with Gasteiger partial charge in [0.05, 0.1) is 0 Å². The molecule has 1 aromatic rings. The molecule has 1 aliphatic heterocycles. The Morgan fingerprint density at radius 3 is 2.58 bits per heavy atom. The Morgan fingerprint density at radius 2 is 1.96 bits per heavy atom. The number of amides is 2. The van der Waals surface area contributed by atoms with Crippen molar-refractivity contribution in [3.05, 3.63) is 35.9 Å². The highest BCUT2D eigenvalue weighted by Gasteiger charge is 2.28. The van der Waals surface area contributed by atoms with Crippen LogP contribution in [0, 0.1) is 11.8 Å². The predicted molar refractivity (Wildman–Crippen MR) is 95.4 cm³/mol. The second-order valence-corrected chi connectivity index (χ2v) is 7.09. The number of rotatable bonds is 6. The van der Waals surface area contributed by atoms with Gasteiger partial charge in [0, 0.05) is 12.5 Å². The molecule has 3 N–H and O–H groups in total. The molecule has 0 bridgehead atoms. The summed E-state index contributed by atoms with van der Waals surface area (Å²) in [5.74, 6) is 0.420. The van der Waals surface area contributed by atoms with E-state index < -0.39 is 6.04 Å². The average Bonchev–Trinajstić information content (AvgIpc) is 2.55. The van der Waals surface area contributed by atoms with Crippen LogP contribution in [0.2, 0.25) is 0 Å². The summed E-state index contributed by atoms with van der Waals surface area (Å²) in [4.78, 5) is 25.0. The van der Waals surface area contributed by atoms with E-state index in [1.165, 1.54) is 0 Å². The lowest BCUT2D eigenvalue weighted by molar-refractivity contribution is -0.130. The Balaban J connectivity index is 2.09. The Labute approximate surface area is 144 Å². The minimum atomic E-state index is -0.639. The maximum atomic E-state index is 12.8. The summed E-state index contributed by atoms with van der Waals surface area (Å²) in [5, 5.41) is 9.37. The quantitative estimate of drug-likeness (QED) is 0.747. The summed E-state index contributed by atoms with van der Waals surface area (Å²) in [6.45, 7) is 7.93. The molecule has 5 heteroatoms. The van der Waals surface area contributed by atoms with E-state index in [9.17, 15) is 9.59 Å². The van der Waals surface area contributed by atoms with Crippen LogP contribution in [-0.4, -0.2) is 30.9 Å². The van der Waals surface area contributed by atoms with E-state index in [2.05, 4.69) is 22.9 Å². The SMILES string of the molecule is CC(C)CC(=O)NC(C(=O)NC1CCNCC1C)c1ccccc1. The van der Waals surface area contributed by atoms with E-state index in [-0.39, 0.29) is 23.8 Å². The number of benzene rings is 1. The lowest BCUT2D eigenvalue weighted by Gasteiger charge is -2.31. The number of hydrogen-bond acceptors (Lipinski definition) is 3. The molecule has 5 nitrogen and oxygen atoms in total. The number of hydrogen-bond donors (Lipinski definition) is 3. The normalized spacial score (nSPS) is 22.0. The van der Waals surface area contributed by atoms with Crippen molar-refractivity contribution in [3.8, 4) is 0 Å². The minimum absolute atomic E-state index is 0.0904. The van der Waals surface area contributed by atoms with Crippen molar-refractivity contribution >= 4 is 11.8 Å². The van der Waals surface area contributed by atoms with Gasteiger partial charge in [0.1, 0.15) is 6.04 Å².